The third-order valence-electron chi connectivity index (χ3n) is 3.85. The number of likely N-dealkylation sites (tertiary alicyclic amines) is 1. The zero-order valence-electron chi connectivity index (χ0n) is 12.6. The highest BCUT2D eigenvalue weighted by Gasteiger charge is 2.26. The summed E-state index contributed by atoms with van der Waals surface area (Å²) in [4.78, 5) is 24.4. The van der Waals surface area contributed by atoms with Crippen LogP contribution < -0.4 is 5.32 Å². The average molecular weight is 286 g/mol. The summed E-state index contributed by atoms with van der Waals surface area (Å²) in [5, 5.41) is 11.7. The number of rotatable bonds is 6. The molecular weight excluding hydrogens is 260 g/mol. The zero-order valence-corrected chi connectivity index (χ0v) is 12.6. The highest BCUT2D eigenvalue weighted by Crippen LogP contribution is 2.17. The van der Waals surface area contributed by atoms with E-state index in [-0.39, 0.29) is 17.6 Å². The molecular formula is C14H26N2O4. The number of carbonyl (C=O) groups excluding carboxylic acids is 1. The molecule has 0 aromatic carbocycles. The fourth-order valence-electron chi connectivity index (χ4n) is 2.03. The second-order valence-corrected chi connectivity index (χ2v) is 5.79. The Morgan fingerprint density at radius 1 is 1.35 bits per heavy atom. The number of hydrogen-bond donors (Lipinski definition) is 2. The molecule has 0 aliphatic carbocycles. The Kier molecular flexibility index (Phi) is 6.26. The molecule has 1 rings (SSSR count). The summed E-state index contributed by atoms with van der Waals surface area (Å²) >= 11 is 0. The first-order chi connectivity index (χ1) is 9.35. The Hall–Kier alpha value is -1.30. The van der Waals surface area contributed by atoms with Crippen LogP contribution in [0.3, 0.4) is 0 Å². The molecule has 1 aliphatic rings. The first-order valence-corrected chi connectivity index (χ1v) is 7.25. The van der Waals surface area contributed by atoms with Crippen molar-refractivity contribution < 1.29 is 19.4 Å². The summed E-state index contributed by atoms with van der Waals surface area (Å²) in [7, 11) is 0. The van der Waals surface area contributed by atoms with E-state index < -0.39 is 5.97 Å². The van der Waals surface area contributed by atoms with Gasteiger partial charge in [-0.2, -0.15) is 0 Å². The molecule has 0 unspecified atom stereocenters. The average Bonchev–Trinajstić information content (AvgIpc) is 2.43. The van der Waals surface area contributed by atoms with Crippen molar-refractivity contribution in [3.8, 4) is 0 Å². The van der Waals surface area contributed by atoms with Crippen molar-refractivity contribution in [3.05, 3.63) is 0 Å². The maximum Gasteiger partial charge on any atom is 0.317 e. The van der Waals surface area contributed by atoms with E-state index in [1.165, 1.54) is 0 Å². The summed E-state index contributed by atoms with van der Waals surface area (Å²) in [5.74, 6) is -1.08. The monoisotopic (exact) mass is 286 g/mol. The van der Waals surface area contributed by atoms with Gasteiger partial charge < -0.3 is 20.1 Å². The van der Waals surface area contributed by atoms with Crippen LogP contribution in [0.2, 0.25) is 0 Å². The van der Waals surface area contributed by atoms with Gasteiger partial charge in [0.2, 0.25) is 0 Å². The maximum atomic E-state index is 11.9. The fraction of sp³-hybridized carbons (Fsp3) is 0.857. The van der Waals surface area contributed by atoms with Crippen molar-refractivity contribution >= 4 is 12.0 Å². The normalized spacial score (nSPS) is 17.1. The Bertz CT molecular complexity index is 336. The van der Waals surface area contributed by atoms with Crippen LogP contribution in [0.1, 0.15) is 40.0 Å². The third kappa shape index (κ3) is 5.36. The van der Waals surface area contributed by atoms with Crippen LogP contribution >= 0.6 is 0 Å². The second kappa shape index (κ2) is 7.47. The fourth-order valence-corrected chi connectivity index (χ4v) is 2.03. The van der Waals surface area contributed by atoms with Crippen LogP contribution in [0, 0.1) is 5.92 Å². The molecule has 0 radical (unpaired) electrons. The molecule has 0 bridgehead atoms. The van der Waals surface area contributed by atoms with Gasteiger partial charge >= 0.3 is 12.0 Å². The summed E-state index contributed by atoms with van der Waals surface area (Å²) in [6.45, 7) is 8.07. The van der Waals surface area contributed by atoms with Gasteiger partial charge in [0.1, 0.15) is 0 Å². The molecule has 116 valence electrons. The molecule has 1 saturated heterocycles. The lowest BCUT2D eigenvalue weighted by molar-refractivity contribution is -0.143. The standard InChI is InChI=1S/C14H26N2O4/c1-4-14(2,3)20-10-7-15-13(19)16-8-5-11(6-9-16)12(17)18/h11H,4-10H2,1-3H3,(H,15,19)(H,17,18). The molecule has 0 saturated carbocycles. The molecule has 20 heavy (non-hydrogen) atoms. The van der Waals surface area contributed by atoms with Gasteiger partial charge in [-0.1, -0.05) is 6.92 Å². The van der Waals surface area contributed by atoms with Gasteiger partial charge in [0.25, 0.3) is 0 Å². The molecule has 2 amide bonds. The zero-order chi connectivity index (χ0) is 15.2. The number of amides is 2. The Morgan fingerprint density at radius 3 is 2.45 bits per heavy atom. The molecule has 1 fully saturated rings. The van der Waals surface area contributed by atoms with Gasteiger partial charge in [-0.05, 0) is 33.1 Å². The Morgan fingerprint density at radius 2 is 1.95 bits per heavy atom. The number of piperidine rings is 1. The van der Waals surface area contributed by atoms with Crippen LogP contribution in [0.15, 0.2) is 0 Å². The highest BCUT2D eigenvalue weighted by molar-refractivity contribution is 5.75. The molecule has 0 atom stereocenters. The minimum Gasteiger partial charge on any atom is -0.481 e. The minimum atomic E-state index is -0.764. The van der Waals surface area contributed by atoms with Crippen molar-refractivity contribution in [1.82, 2.24) is 10.2 Å². The molecule has 2 N–H and O–H groups in total. The topological polar surface area (TPSA) is 78.9 Å². The van der Waals surface area contributed by atoms with Crippen molar-refractivity contribution in [2.24, 2.45) is 5.92 Å². The number of carboxylic acid groups (broad SMARTS) is 1. The molecule has 1 aliphatic heterocycles. The van der Waals surface area contributed by atoms with Gasteiger partial charge in [-0.15, -0.1) is 0 Å². The summed E-state index contributed by atoms with van der Waals surface area (Å²) in [5.41, 5.74) is -0.162. The lowest BCUT2D eigenvalue weighted by Crippen LogP contribution is -2.46. The molecule has 0 aromatic heterocycles. The van der Waals surface area contributed by atoms with Crippen molar-refractivity contribution in [3.63, 3.8) is 0 Å². The van der Waals surface area contributed by atoms with Gasteiger partial charge in [-0.3, -0.25) is 4.79 Å². The van der Waals surface area contributed by atoms with Crippen LogP contribution in [0.4, 0.5) is 4.79 Å². The van der Waals surface area contributed by atoms with Crippen molar-refractivity contribution in [2.75, 3.05) is 26.2 Å². The maximum absolute atomic E-state index is 11.9. The van der Waals surface area contributed by atoms with E-state index in [9.17, 15) is 9.59 Å². The van der Waals surface area contributed by atoms with E-state index in [2.05, 4.69) is 12.2 Å². The number of hydrogen-bond acceptors (Lipinski definition) is 3. The van der Waals surface area contributed by atoms with Gasteiger partial charge in [0.15, 0.2) is 0 Å². The second-order valence-electron chi connectivity index (χ2n) is 5.79. The van der Waals surface area contributed by atoms with Crippen LogP contribution in [-0.4, -0.2) is 53.8 Å². The van der Waals surface area contributed by atoms with Crippen molar-refractivity contribution in [1.29, 1.82) is 0 Å². The first kappa shape index (κ1) is 16.8. The van der Waals surface area contributed by atoms with E-state index in [1.54, 1.807) is 4.90 Å². The predicted octanol–water partition coefficient (Wildman–Crippen LogP) is 1.70. The quantitative estimate of drug-likeness (QED) is 0.728. The van der Waals surface area contributed by atoms with E-state index in [0.29, 0.717) is 39.1 Å². The number of nitrogens with one attached hydrogen (secondary N) is 1. The smallest absolute Gasteiger partial charge is 0.317 e. The number of aliphatic carboxylic acids is 1. The highest BCUT2D eigenvalue weighted by atomic mass is 16.5. The lowest BCUT2D eigenvalue weighted by Gasteiger charge is -2.30. The molecule has 6 nitrogen and oxygen atoms in total. The van der Waals surface area contributed by atoms with E-state index in [1.807, 2.05) is 13.8 Å². The Balaban J connectivity index is 2.19. The van der Waals surface area contributed by atoms with Gasteiger partial charge in [0.05, 0.1) is 18.1 Å². The van der Waals surface area contributed by atoms with Crippen LogP contribution in [-0.2, 0) is 9.53 Å². The number of urea groups is 1. The van der Waals surface area contributed by atoms with E-state index >= 15 is 0 Å². The minimum absolute atomic E-state index is 0.133. The van der Waals surface area contributed by atoms with Crippen LogP contribution in [0.25, 0.3) is 0 Å². The molecule has 0 spiro atoms. The third-order valence-corrected chi connectivity index (χ3v) is 3.85. The van der Waals surface area contributed by atoms with Gasteiger partial charge in [-0.25, -0.2) is 4.79 Å². The van der Waals surface area contributed by atoms with Gasteiger partial charge in [0, 0.05) is 19.6 Å². The van der Waals surface area contributed by atoms with E-state index in [4.69, 9.17) is 9.84 Å². The van der Waals surface area contributed by atoms with E-state index in [0.717, 1.165) is 6.42 Å². The summed E-state index contributed by atoms with van der Waals surface area (Å²) < 4.78 is 5.65. The molecule has 6 heteroatoms. The molecule has 1 heterocycles. The number of ether oxygens (including phenoxy) is 1. The largest absolute Gasteiger partial charge is 0.481 e. The number of carbonyl (C=O) groups is 2. The Labute approximate surface area is 120 Å². The summed E-state index contributed by atoms with van der Waals surface area (Å²) in [6, 6.07) is -0.133. The van der Waals surface area contributed by atoms with Crippen molar-refractivity contribution in [2.45, 2.75) is 45.6 Å². The van der Waals surface area contributed by atoms with Crippen LogP contribution in [0.5, 0.6) is 0 Å². The number of carboxylic acids is 1. The predicted molar refractivity (Wildman–Crippen MR) is 75.7 cm³/mol. The SMILES string of the molecule is CCC(C)(C)OCCNC(=O)N1CCC(C(=O)O)CC1. The first-order valence-electron chi connectivity index (χ1n) is 7.25. The number of nitrogens with zero attached hydrogens (tertiary/aromatic N) is 1. The lowest BCUT2D eigenvalue weighted by atomic mass is 9.97. The summed E-state index contributed by atoms with van der Waals surface area (Å²) in [6.07, 6.45) is 1.98. The molecule has 0 aromatic rings.